The minimum atomic E-state index is -1.92. The summed E-state index contributed by atoms with van der Waals surface area (Å²) < 4.78 is 5.39. The number of nitrogens with zero attached hydrogens (tertiary/aromatic N) is 1. The topological polar surface area (TPSA) is 141 Å². The highest BCUT2D eigenvalue weighted by atomic mass is 28.3. The first-order chi connectivity index (χ1) is 16.6. The Morgan fingerprint density at radius 1 is 1.31 bits per heavy atom. The SMILES string of the molecule is COc1cccc2[nH]c(C(=O)N3C[Si](C)(C)C[C@H]3C(=O)NC(C[C@@H]3CCCNC3=O)C(=O)O)cc12. The van der Waals surface area contributed by atoms with Gasteiger partial charge in [0.25, 0.3) is 5.91 Å². The molecule has 0 radical (unpaired) electrons. The van der Waals surface area contributed by atoms with Crippen LogP contribution < -0.4 is 15.4 Å². The van der Waals surface area contributed by atoms with E-state index in [1.165, 1.54) is 0 Å². The zero-order valence-corrected chi connectivity index (χ0v) is 21.2. The summed E-state index contributed by atoms with van der Waals surface area (Å²) in [5.41, 5.74) is 1.10. The van der Waals surface area contributed by atoms with Crippen molar-refractivity contribution in [1.29, 1.82) is 0 Å². The van der Waals surface area contributed by atoms with Crippen molar-refractivity contribution in [2.24, 2.45) is 5.92 Å². The molecule has 1 aromatic carbocycles. The zero-order valence-electron chi connectivity index (χ0n) is 20.2. The molecule has 2 saturated heterocycles. The molecule has 4 rings (SSSR count). The summed E-state index contributed by atoms with van der Waals surface area (Å²) in [6.45, 7) is 4.80. The van der Waals surface area contributed by atoms with Gasteiger partial charge in [0.2, 0.25) is 11.8 Å². The lowest BCUT2D eigenvalue weighted by molar-refractivity contribution is -0.143. The van der Waals surface area contributed by atoms with Crippen LogP contribution in [0.5, 0.6) is 5.75 Å². The fourth-order valence-corrected chi connectivity index (χ4v) is 7.99. The second kappa shape index (κ2) is 9.72. The molecule has 11 heteroatoms. The fraction of sp³-hybridized carbons (Fsp3) is 0.500. The van der Waals surface area contributed by atoms with E-state index in [0.29, 0.717) is 36.6 Å². The van der Waals surface area contributed by atoms with Crippen molar-refractivity contribution in [2.75, 3.05) is 19.8 Å². The molecule has 1 unspecified atom stereocenters. The quantitative estimate of drug-likeness (QED) is 0.427. The van der Waals surface area contributed by atoms with Crippen LogP contribution in [0.4, 0.5) is 0 Å². The molecule has 0 bridgehead atoms. The van der Waals surface area contributed by atoms with E-state index in [1.807, 2.05) is 18.2 Å². The van der Waals surface area contributed by atoms with Crippen LogP contribution in [-0.4, -0.2) is 78.7 Å². The largest absolute Gasteiger partial charge is 0.496 e. The van der Waals surface area contributed by atoms with E-state index in [2.05, 4.69) is 28.7 Å². The van der Waals surface area contributed by atoms with E-state index in [4.69, 9.17) is 4.74 Å². The first-order valence-corrected chi connectivity index (χ1v) is 15.3. The summed E-state index contributed by atoms with van der Waals surface area (Å²) in [5, 5.41) is 15.9. The van der Waals surface area contributed by atoms with Gasteiger partial charge in [-0.15, -0.1) is 0 Å². The number of aliphatic carboxylic acids is 1. The predicted octanol–water partition coefficient (Wildman–Crippen LogP) is 1.73. The number of amides is 3. The van der Waals surface area contributed by atoms with E-state index in [9.17, 15) is 24.3 Å². The number of aromatic amines is 1. The van der Waals surface area contributed by atoms with Crippen molar-refractivity contribution in [3.8, 4) is 5.75 Å². The second-order valence-corrected chi connectivity index (χ2v) is 15.2. The first-order valence-electron chi connectivity index (χ1n) is 11.9. The van der Waals surface area contributed by atoms with E-state index in [0.717, 1.165) is 17.3 Å². The van der Waals surface area contributed by atoms with Crippen LogP contribution in [0.25, 0.3) is 10.9 Å². The molecular formula is C24H32N4O6Si. The Hall–Kier alpha value is -3.34. The van der Waals surface area contributed by atoms with Gasteiger partial charge in [-0.25, -0.2) is 4.79 Å². The molecule has 3 atom stereocenters. The summed E-state index contributed by atoms with van der Waals surface area (Å²) in [7, 11) is -0.356. The second-order valence-electron chi connectivity index (χ2n) is 10.2. The molecule has 188 valence electrons. The number of nitrogens with one attached hydrogen (secondary N) is 3. The maximum atomic E-state index is 13.5. The van der Waals surface area contributed by atoms with Crippen molar-refractivity contribution >= 4 is 42.7 Å². The highest BCUT2D eigenvalue weighted by Gasteiger charge is 2.46. The Labute approximate surface area is 204 Å². The number of methoxy groups -OCH3 is 1. The van der Waals surface area contributed by atoms with Crippen LogP contribution in [0.2, 0.25) is 19.1 Å². The molecule has 0 spiro atoms. The van der Waals surface area contributed by atoms with Gasteiger partial charge in [-0.2, -0.15) is 0 Å². The standard InChI is InChI=1S/C24H32N4O6Si/c1-34-20-8-4-7-16-15(20)11-17(26-16)23(31)28-13-35(2,3)12-19(28)22(30)27-18(24(32)33)10-14-6-5-9-25-21(14)29/h4,7-8,11,14,18-19,26H,5-6,9-10,12-13H2,1-3H3,(H,25,29)(H,27,30)(H,32,33)/t14-,18?,19-/m0/s1. The Balaban J connectivity index is 1.54. The number of aromatic nitrogens is 1. The summed E-state index contributed by atoms with van der Waals surface area (Å²) in [6.07, 6.45) is 1.87. The average Bonchev–Trinajstić information content (AvgIpc) is 3.39. The minimum absolute atomic E-state index is 0.0240. The number of hydrogen-bond acceptors (Lipinski definition) is 5. The number of carbonyl (C=O) groups excluding carboxylic acids is 3. The molecule has 3 heterocycles. The molecule has 10 nitrogen and oxygen atoms in total. The number of carbonyl (C=O) groups is 4. The van der Waals surface area contributed by atoms with Gasteiger partial charge in [-0.3, -0.25) is 14.4 Å². The highest BCUT2D eigenvalue weighted by Crippen LogP contribution is 2.31. The van der Waals surface area contributed by atoms with Gasteiger partial charge in [0, 0.05) is 29.5 Å². The van der Waals surface area contributed by atoms with Crippen molar-refractivity contribution in [3.05, 3.63) is 30.0 Å². The molecular weight excluding hydrogens is 468 g/mol. The smallest absolute Gasteiger partial charge is 0.326 e. The number of fused-ring (bicyclic) bond motifs is 1. The number of carboxylic acids is 1. The van der Waals surface area contributed by atoms with E-state index in [-0.39, 0.29) is 18.2 Å². The molecule has 2 aliphatic heterocycles. The van der Waals surface area contributed by atoms with Gasteiger partial charge < -0.3 is 30.4 Å². The normalized spacial score (nSPS) is 22.5. The monoisotopic (exact) mass is 500 g/mol. The third-order valence-corrected chi connectivity index (χ3v) is 9.58. The predicted molar refractivity (Wildman–Crippen MR) is 132 cm³/mol. The summed E-state index contributed by atoms with van der Waals surface area (Å²) in [5.74, 6) is -1.99. The number of H-pyrrole nitrogens is 1. The van der Waals surface area contributed by atoms with Crippen LogP contribution in [0.15, 0.2) is 24.3 Å². The van der Waals surface area contributed by atoms with Crippen LogP contribution in [-0.2, 0) is 14.4 Å². The zero-order chi connectivity index (χ0) is 25.3. The Morgan fingerprint density at radius 3 is 2.77 bits per heavy atom. The molecule has 1 aromatic heterocycles. The number of carboxylic acid groups (broad SMARTS) is 1. The summed E-state index contributed by atoms with van der Waals surface area (Å²) in [4.78, 5) is 55.6. The summed E-state index contributed by atoms with van der Waals surface area (Å²) in [6, 6.07) is 5.78. The van der Waals surface area contributed by atoms with Crippen molar-refractivity contribution in [2.45, 2.75) is 50.5 Å². The van der Waals surface area contributed by atoms with Crippen LogP contribution >= 0.6 is 0 Å². The molecule has 4 N–H and O–H groups in total. The molecule has 0 saturated carbocycles. The van der Waals surface area contributed by atoms with Crippen LogP contribution in [0, 0.1) is 5.92 Å². The third-order valence-electron chi connectivity index (χ3n) is 6.89. The molecule has 2 aromatic rings. The lowest BCUT2D eigenvalue weighted by Gasteiger charge is -2.28. The number of hydrogen-bond donors (Lipinski definition) is 4. The van der Waals surface area contributed by atoms with Crippen molar-refractivity contribution in [1.82, 2.24) is 20.5 Å². The first kappa shape index (κ1) is 24.8. The van der Waals surface area contributed by atoms with Gasteiger partial charge in [0.15, 0.2) is 0 Å². The van der Waals surface area contributed by atoms with E-state index < -0.39 is 38.0 Å². The van der Waals surface area contributed by atoms with Crippen LogP contribution in [0.1, 0.15) is 29.8 Å². The Bertz CT molecular complexity index is 1160. The van der Waals surface area contributed by atoms with Gasteiger partial charge >= 0.3 is 5.97 Å². The van der Waals surface area contributed by atoms with Gasteiger partial charge in [-0.05, 0) is 43.5 Å². The molecule has 35 heavy (non-hydrogen) atoms. The summed E-state index contributed by atoms with van der Waals surface area (Å²) >= 11 is 0. The highest BCUT2D eigenvalue weighted by molar-refractivity contribution is 6.79. The van der Waals surface area contributed by atoms with Crippen molar-refractivity contribution in [3.63, 3.8) is 0 Å². The molecule has 0 aliphatic carbocycles. The average molecular weight is 501 g/mol. The molecule has 2 fully saturated rings. The number of rotatable bonds is 7. The van der Waals surface area contributed by atoms with Crippen molar-refractivity contribution < 1.29 is 29.0 Å². The van der Waals surface area contributed by atoms with E-state index in [1.54, 1.807) is 18.1 Å². The number of benzene rings is 1. The number of ether oxygens (including phenoxy) is 1. The fourth-order valence-electron chi connectivity index (χ4n) is 5.13. The maximum absolute atomic E-state index is 13.5. The minimum Gasteiger partial charge on any atom is -0.496 e. The number of piperidine rings is 1. The van der Waals surface area contributed by atoms with Crippen LogP contribution in [0.3, 0.4) is 0 Å². The maximum Gasteiger partial charge on any atom is 0.326 e. The molecule has 2 aliphatic rings. The lowest BCUT2D eigenvalue weighted by Crippen LogP contribution is -2.52. The Kier molecular flexibility index (Phi) is 6.88. The van der Waals surface area contributed by atoms with Gasteiger partial charge in [-0.1, -0.05) is 19.2 Å². The van der Waals surface area contributed by atoms with Gasteiger partial charge in [0.1, 0.15) is 23.5 Å². The lowest BCUT2D eigenvalue weighted by atomic mass is 9.91. The van der Waals surface area contributed by atoms with Gasteiger partial charge in [0.05, 0.1) is 15.2 Å². The molecule has 3 amide bonds. The third kappa shape index (κ3) is 5.19. The Morgan fingerprint density at radius 2 is 2.09 bits per heavy atom. The van der Waals surface area contributed by atoms with E-state index >= 15 is 0 Å².